The fourth-order valence-electron chi connectivity index (χ4n) is 2.05. The van der Waals surface area contributed by atoms with E-state index in [1.54, 1.807) is 30.6 Å². The number of rotatable bonds is 3. The van der Waals surface area contributed by atoms with Crippen molar-refractivity contribution in [3.05, 3.63) is 71.6 Å². The molecule has 0 saturated carbocycles. The summed E-state index contributed by atoms with van der Waals surface area (Å²) in [6.45, 7) is 0. The molecule has 4 heteroatoms. The highest BCUT2D eigenvalue weighted by Gasteiger charge is 2.05. The molecule has 0 N–H and O–H groups in total. The van der Waals surface area contributed by atoms with Crippen LogP contribution in [0, 0.1) is 5.82 Å². The Morgan fingerprint density at radius 2 is 1.95 bits per heavy atom. The van der Waals surface area contributed by atoms with Gasteiger partial charge in [-0.1, -0.05) is 12.1 Å². The SMILES string of the molecule is O=Cc1ccc2cnc(Cc3ccc(F)cc3)n2c1. The number of halogens is 1. The molecule has 0 aliphatic heterocycles. The van der Waals surface area contributed by atoms with E-state index in [0.29, 0.717) is 12.0 Å². The lowest BCUT2D eigenvalue weighted by molar-refractivity contribution is 0.112. The lowest BCUT2D eigenvalue weighted by Crippen LogP contribution is -1.97. The molecule has 3 rings (SSSR count). The van der Waals surface area contributed by atoms with Gasteiger partial charge in [-0.05, 0) is 29.8 Å². The van der Waals surface area contributed by atoms with Gasteiger partial charge >= 0.3 is 0 Å². The number of pyridine rings is 1. The molecule has 0 aliphatic rings. The summed E-state index contributed by atoms with van der Waals surface area (Å²) in [5.41, 5.74) is 2.51. The van der Waals surface area contributed by atoms with E-state index < -0.39 is 0 Å². The van der Waals surface area contributed by atoms with Crippen molar-refractivity contribution in [1.29, 1.82) is 0 Å². The molecule has 3 aromatic rings. The van der Waals surface area contributed by atoms with Crippen LogP contribution in [0.1, 0.15) is 21.7 Å². The lowest BCUT2D eigenvalue weighted by Gasteiger charge is -2.02. The summed E-state index contributed by atoms with van der Waals surface area (Å²) in [6, 6.07) is 9.94. The quantitative estimate of drug-likeness (QED) is 0.673. The number of benzene rings is 1. The van der Waals surface area contributed by atoms with Crippen LogP contribution in [0.15, 0.2) is 48.8 Å². The van der Waals surface area contributed by atoms with Crippen LogP contribution in [0.2, 0.25) is 0 Å². The Kier molecular flexibility index (Phi) is 2.83. The zero-order valence-corrected chi connectivity index (χ0v) is 10.1. The smallest absolute Gasteiger partial charge is 0.151 e. The Labute approximate surface area is 109 Å². The first kappa shape index (κ1) is 11.6. The third-order valence-electron chi connectivity index (χ3n) is 3.04. The summed E-state index contributed by atoms with van der Waals surface area (Å²) in [7, 11) is 0. The Hall–Kier alpha value is -2.49. The van der Waals surface area contributed by atoms with E-state index in [9.17, 15) is 9.18 Å². The van der Waals surface area contributed by atoms with Gasteiger partial charge in [0, 0.05) is 18.2 Å². The summed E-state index contributed by atoms with van der Waals surface area (Å²) in [4.78, 5) is 15.1. The molecule has 3 nitrogen and oxygen atoms in total. The molecule has 0 radical (unpaired) electrons. The molecular formula is C15H11FN2O. The molecule has 0 bridgehead atoms. The van der Waals surface area contributed by atoms with Crippen LogP contribution in [0.25, 0.3) is 5.52 Å². The molecule has 2 aromatic heterocycles. The van der Waals surface area contributed by atoms with Crippen molar-refractivity contribution in [3.8, 4) is 0 Å². The normalized spacial score (nSPS) is 10.8. The molecule has 2 heterocycles. The van der Waals surface area contributed by atoms with Crippen molar-refractivity contribution in [2.75, 3.05) is 0 Å². The van der Waals surface area contributed by atoms with Crippen LogP contribution < -0.4 is 0 Å². The fourth-order valence-corrected chi connectivity index (χ4v) is 2.05. The van der Waals surface area contributed by atoms with Gasteiger partial charge in [0.1, 0.15) is 11.6 Å². The van der Waals surface area contributed by atoms with Gasteiger partial charge in [0.2, 0.25) is 0 Å². The van der Waals surface area contributed by atoms with Gasteiger partial charge in [-0.3, -0.25) is 4.79 Å². The molecule has 0 amide bonds. The molecule has 0 spiro atoms. The number of aldehydes is 1. The van der Waals surface area contributed by atoms with Crippen LogP contribution in [0.3, 0.4) is 0 Å². The zero-order chi connectivity index (χ0) is 13.2. The minimum Gasteiger partial charge on any atom is -0.303 e. The first-order chi connectivity index (χ1) is 9.26. The lowest BCUT2D eigenvalue weighted by atomic mass is 10.1. The van der Waals surface area contributed by atoms with Crippen molar-refractivity contribution in [2.24, 2.45) is 0 Å². The van der Waals surface area contributed by atoms with E-state index in [-0.39, 0.29) is 5.82 Å². The Morgan fingerprint density at radius 1 is 1.16 bits per heavy atom. The third kappa shape index (κ3) is 2.25. The third-order valence-corrected chi connectivity index (χ3v) is 3.04. The number of hydrogen-bond donors (Lipinski definition) is 0. The van der Waals surface area contributed by atoms with Gasteiger partial charge < -0.3 is 4.40 Å². The molecule has 0 aliphatic carbocycles. The molecule has 19 heavy (non-hydrogen) atoms. The van der Waals surface area contributed by atoms with Crippen molar-refractivity contribution < 1.29 is 9.18 Å². The standard InChI is InChI=1S/C15H11FN2O/c16-13-4-1-11(2-5-13)7-15-17-8-14-6-3-12(10-19)9-18(14)15/h1-6,8-10H,7H2. The van der Waals surface area contributed by atoms with Crippen LogP contribution in [0.5, 0.6) is 0 Å². The maximum Gasteiger partial charge on any atom is 0.151 e. The molecule has 1 aromatic carbocycles. The number of hydrogen-bond acceptors (Lipinski definition) is 2. The predicted octanol–water partition coefficient (Wildman–Crippen LogP) is 2.88. The number of aromatic nitrogens is 2. The minimum absolute atomic E-state index is 0.250. The van der Waals surface area contributed by atoms with Gasteiger partial charge in [0.15, 0.2) is 6.29 Å². The number of carbonyl (C=O) groups excluding carboxylic acids is 1. The van der Waals surface area contributed by atoms with Crippen LogP contribution >= 0.6 is 0 Å². The number of nitrogens with zero attached hydrogens (tertiary/aromatic N) is 2. The summed E-state index contributed by atoms with van der Waals surface area (Å²) >= 11 is 0. The number of carbonyl (C=O) groups is 1. The second kappa shape index (κ2) is 4.65. The first-order valence-electron chi connectivity index (χ1n) is 5.92. The average Bonchev–Trinajstić information content (AvgIpc) is 2.84. The predicted molar refractivity (Wildman–Crippen MR) is 69.8 cm³/mol. The van der Waals surface area contributed by atoms with Crippen LogP contribution in [-0.4, -0.2) is 15.7 Å². The van der Waals surface area contributed by atoms with Crippen molar-refractivity contribution in [2.45, 2.75) is 6.42 Å². The maximum atomic E-state index is 12.9. The van der Waals surface area contributed by atoms with Crippen LogP contribution in [0.4, 0.5) is 4.39 Å². The molecule has 0 atom stereocenters. The highest BCUT2D eigenvalue weighted by molar-refractivity contribution is 5.75. The van der Waals surface area contributed by atoms with E-state index in [1.807, 2.05) is 10.5 Å². The Morgan fingerprint density at radius 3 is 2.68 bits per heavy atom. The number of imidazole rings is 1. The zero-order valence-electron chi connectivity index (χ0n) is 10.1. The van der Waals surface area contributed by atoms with Crippen LogP contribution in [-0.2, 0) is 6.42 Å². The second-order valence-corrected chi connectivity index (χ2v) is 4.35. The van der Waals surface area contributed by atoms with Crippen molar-refractivity contribution >= 4 is 11.8 Å². The monoisotopic (exact) mass is 254 g/mol. The highest BCUT2D eigenvalue weighted by Crippen LogP contribution is 2.13. The first-order valence-corrected chi connectivity index (χ1v) is 5.92. The summed E-state index contributed by atoms with van der Waals surface area (Å²) in [5, 5.41) is 0. The average molecular weight is 254 g/mol. The fraction of sp³-hybridized carbons (Fsp3) is 0.0667. The summed E-state index contributed by atoms with van der Waals surface area (Å²) in [6.07, 6.45) is 4.92. The van der Waals surface area contributed by atoms with Gasteiger partial charge in [0.25, 0.3) is 0 Å². The van der Waals surface area contributed by atoms with Crippen molar-refractivity contribution in [3.63, 3.8) is 0 Å². The second-order valence-electron chi connectivity index (χ2n) is 4.35. The van der Waals surface area contributed by atoms with Crippen molar-refractivity contribution in [1.82, 2.24) is 9.38 Å². The molecule has 0 unspecified atom stereocenters. The summed E-state index contributed by atoms with van der Waals surface area (Å²) in [5.74, 6) is 0.574. The van der Waals surface area contributed by atoms with E-state index in [4.69, 9.17) is 0 Å². The van der Waals surface area contributed by atoms with Gasteiger partial charge in [-0.15, -0.1) is 0 Å². The van der Waals surface area contributed by atoms with E-state index in [0.717, 1.165) is 23.2 Å². The van der Waals surface area contributed by atoms with Gasteiger partial charge in [-0.25, -0.2) is 9.37 Å². The topological polar surface area (TPSA) is 34.4 Å². The Bertz CT molecular complexity index is 731. The number of fused-ring (bicyclic) bond motifs is 1. The van der Waals surface area contributed by atoms with Gasteiger partial charge in [-0.2, -0.15) is 0 Å². The van der Waals surface area contributed by atoms with E-state index in [1.165, 1.54) is 12.1 Å². The molecule has 0 saturated heterocycles. The summed E-state index contributed by atoms with van der Waals surface area (Å²) < 4.78 is 14.7. The minimum atomic E-state index is -0.250. The van der Waals surface area contributed by atoms with Gasteiger partial charge in [0.05, 0.1) is 11.7 Å². The largest absolute Gasteiger partial charge is 0.303 e. The molecular weight excluding hydrogens is 243 g/mol. The maximum absolute atomic E-state index is 12.9. The molecule has 0 fully saturated rings. The van der Waals surface area contributed by atoms with E-state index in [2.05, 4.69) is 4.98 Å². The van der Waals surface area contributed by atoms with E-state index >= 15 is 0 Å². The highest BCUT2D eigenvalue weighted by atomic mass is 19.1. The Balaban J connectivity index is 2.00. The molecule has 94 valence electrons.